The van der Waals surface area contributed by atoms with Crippen molar-refractivity contribution in [3.63, 3.8) is 0 Å². The highest BCUT2D eigenvalue weighted by atomic mass is 32.1. The first kappa shape index (κ1) is 8.20. The first-order chi connectivity index (χ1) is 5.95. The van der Waals surface area contributed by atoms with Crippen LogP contribution in [0.15, 0.2) is 11.7 Å². The third-order valence-corrected chi connectivity index (χ3v) is 2.99. The van der Waals surface area contributed by atoms with Gasteiger partial charge in [0.1, 0.15) is 0 Å². The molecule has 0 saturated heterocycles. The van der Waals surface area contributed by atoms with Crippen LogP contribution in [-0.2, 0) is 6.54 Å². The molecule has 2 rings (SSSR count). The van der Waals surface area contributed by atoms with Crippen molar-refractivity contribution >= 4 is 11.3 Å². The molecular formula is C9H14N2S. The van der Waals surface area contributed by atoms with E-state index in [9.17, 15) is 0 Å². The number of hydrogen-bond donors (Lipinski definition) is 1. The lowest BCUT2D eigenvalue weighted by Crippen LogP contribution is -2.14. The predicted octanol–water partition coefficient (Wildman–Crippen LogP) is 2.03. The Balaban J connectivity index is 1.56. The second-order valence-corrected chi connectivity index (χ2v) is 4.35. The van der Waals surface area contributed by atoms with E-state index in [1.807, 2.05) is 11.7 Å². The Bertz CT molecular complexity index is 216. The van der Waals surface area contributed by atoms with Gasteiger partial charge in [0.25, 0.3) is 0 Å². The molecule has 1 heterocycles. The average molecular weight is 182 g/mol. The van der Waals surface area contributed by atoms with Crippen molar-refractivity contribution in [2.75, 3.05) is 6.54 Å². The van der Waals surface area contributed by atoms with Gasteiger partial charge in [0.15, 0.2) is 0 Å². The number of rotatable bonds is 5. The van der Waals surface area contributed by atoms with Crippen molar-refractivity contribution in [3.8, 4) is 0 Å². The summed E-state index contributed by atoms with van der Waals surface area (Å²) in [5.74, 6) is 1.04. The molecule has 66 valence electrons. The van der Waals surface area contributed by atoms with Crippen LogP contribution in [0.2, 0.25) is 0 Å². The lowest BCUT2D eigenvalue weighted by atomic mass is 10.3. The molecule has 0 aliphatic heterocycles. The average Bonchev–Trinajstić information content (AvgIpc) is 2.76. The minimum absolute atomic E-state index is 0.997. The van der Waals surface area contributed by atoms with Gasteiger partial charge in [0, 0.05) is 17.6 Å². The number of nitrogens with one attached hydrogen (secondary N) is 1. The van der Waals surface area contributed by atoms with Crippen LogP contribution in [0.25, 0.3) is 0 Å². The maximum atomic E-state index is 4.03. The van der Waals surface area contributed by atoms with E-state index in [1.165, 1.54) is 30.7 Å². The second-order valence-electron chi connectivity index (χ2n) is 3.38. The minimum atomic E-state index is 0.997. The van der Waals surface area contributed by atoms with E-state index in [-0.39, 0.29) is 0 Å². The van der Waals surface area contributed by atoms with Crippen molar-refractivity contribution < 1.29 is 0 Å². The van der Waals surface area contributed by atoms with E-state index < -0.39 is 0 Å². The van der Waals surface area contributed by atoms with Gasteiger partial charge in [-0.05, 0) is 18.9 Å². The molecule has 1 saturated carbocycles. The van der Waals surface area contributed by atoms with Crippen LogP contribution in [0.3, 0.4) is 0 Å². The van der Waals surface area contributed by atoms with Gasteiger partial charge in [-0.2, -0.15) is 0 Å². The first-order valence-corrected chi connectivity index (χ1v) is 5.41. The van der Waals surface area contributed by atoms with Gasteiger partial charge in [-0.1, -0.05) is 12.8 Å². The Kier molecular flexibility index (Phi) is 2.74. The Hall–Kier alpha value is -0.410. The fourth-order valence-corrected chi connectivity index (χ4v) is 1.82. The maximum Gasteiger partial charge on any atom is 0.0794 e. The zero-order chi connectivity index (χ0) is 8.23. The van der Waals surface area contributed by atoms with Crippen LogP contribution in [0.4, 0.5) is 0 Å². The lowest BCUT2D eigenvalue weighted by molar-refractivity contribution is 0.616. The number of aromatic nitrogens is 1. The largest absolute Gasteiger partial charge is 0.312 e. The Morgan fingerprint density at radius 3 is 3.17 bits per heavy atom. The molecule has 0 bridgehead atoms. The predicted molar refractivity (Wildman–Crippen MR) is 51.2 cm³/mol. The third-order valence-electron chi connectivity index (χ3n) is 2.21. The standard InChI is InChI=1S/C9H14N2S/c1-2-8(1)3-4-10-5-9-6-11-7-12-9/h6-8,10H,1-5H2. The topological polar surface area (TPSA) is 24.9 Å². The monoisotopic (exact) mass is 182 g/mol. The molecule has 1 aromatic heterocycles. The van der Waals surface area contributed by atoms with Crippen LogP contribution in [0, 0.1) is 5.92 Å². The van der Waals surface area contributed by atoms with Crippen LogP contribution >= 0.6 is 11.3 Å². The highest BCUT2D eigenvalue weighted by Crippen LogP contribution is 2.31. The number of thiazole rings is 1. The molecule has 0 spiro atoms. The molecule has 0 unspecified atom stereocenters. The minimum Gasteiger partial charge on any atom is -0.312 e. The van der Waals surface area contributed by atoms with Crippen molar-refractivity contribution in [1.82, 2.24) is 10.3 Å². The summed E-state index contributed by atoms with van der Waals surface area (Å²) in [5, 5.41) is 3.43. The molecule has 0 aromatic carbocycles. The third kappa shape index (κ3) is 2.57. The van der Waals surface area contributed by atoms with Crippen molar-refractivity contribution in [2.45, 2.75) is 25.8 Å². The number of nitrogens with zero attached hydrogens (tertiary/aromatic N) is 1. The summed E-state index contributed by atoms with van der Waals surface area (Å²) in [5.41, 5.74) is 1.89. The number of hydrogen-bond acceptors (Lipinski definition) is 3. The van der Waals surface area contributed by atoms with Gasteiger partial charge in [-0.15, -0.1) is 11.3 Å². The first-order valence-electron chi connectivity index (χ1n) is 4.53. The summed E-state index contributed by atoms with van der Waals surface area (Å²) in [7, 11) is 0. The van der Waals surface area contributed by atoms with Gasteiger partial charge < -0.3 is 5.32 Å². The Morgan fingerprint density at radius 2 is 2.50 bits per heavy atom. The second kappa shape index (κ2) is 4.01. The fourth-order valence-electron chi connectivity index (χ4n) is 1.25. The molecule has 0 atom stereocenters. The quantitative estimate of drug-likeness (QED) is 0.705. The molecule has 2 nitrogen and oxygen atoms in total. The van der Waals surface area contributed by atoms with E-state index in [2.05, 4.69) is 10.3 Å². The molecule has 0 amide bonds. The summed E-state index contributed by atoms with van der Waals surface area (Å²) < 4.78 is 0. The summed E-state index contributed by atoms with van der Waals surface area (Å²) in [6, 6.07) is 0. The highest BCUT2D eigenvalue weighted by Gasteiger charge is 2.19. The van der Waals surface area contributed by atoms with Gasteiger partial charge in [0.05, 0.1) is 5.51 Å². The van der Waals surface area contributed by atoms with Crippen LogP contribution < -0.4 is 5.32 Å². The lowest BCUT2D eigenvalue weighted by Gasteiger charge is -2.00. The molecule has 0 radical (unpaired) electrons. The summed E-state index contributed by atoms with van der Waals surface area (Å²) in [6.45, 7) is 2.17. The van der Waals surface area contributed by atoms with Gasteiger partial charge in [0.2, 0.25) is 0 Å². The molecule has 3 heteroatoms. The molecule has 1 N–H and O–H groups in total. The van der Waals surface area contributed by atoms with Crippen LogP contribution in [0.5, 0.6) is 0 Å². The zero-order valence-electron chi connectivity index (χ0n) is 7.12. The maximum absolute atomic E-state index is 4.03. The van der Waals surface area contributed by atoms with E-state index >= 15 is 0 Å². The zero-order valence-corrected chi connectivity index (χ0v) is 7.94. The summed E-state index contributed by atoms with van der Waals surface area (Å²) >= 11 is 1.72. The van der Waals surface area contributed by atoms with Crippen molar-refractivity contribution in [2.24, 2.45) is 5.92 Å². The normalized spacial score (nSPS) is 16.7. The van der Waals surface area contributed by atoms with Gasteiger partial charge in [-0.3, -0.25) is 4.98 Å². The van der Waals surface area contributed by atoms with Crippen molar-refractivity contribution in [1.29, 1.82) is 0 Å². The van der Waals surface area contributed by atoms with Crippen molar-refractivity contribution in [3.05, 3.63) is 16.6 Å². The molecule has 1 aromatic rings. The molecule has 1 aliphatic rings. The van der Waals surface area contributed by atoms with Crippen LogP contribution in [-0.4, -0.2) is 11.5 Å². The fraction of sp³-hybridized carbons (Fsp3) is 0.667. The Labute approximate surface area is 77.0 Å². The molecule has 1 aliphatic carbocycles. The summed E-state index contributed by atoms with van der Waals surface area (Å²) in [6.07, 6.45) is 6.22. The van der Waals surface area contributed by atoms with E-state index in [0.717, 1.165) is 12.5 Å². The van der Waals surface area contributed by atoms with E-state index in [4.69, 9.17) is 0 Å². The van der Waals surface area contributed by atoms with E-state index in [0.29, 0.717) is 0 Å². The molecule has 12 heavy (non-hydrogen) atoms. The smallest absolute Gasteiger partial charge is 0.0794 e. The van der Waals surface area contributed by atoms with Crippen LogP contribution in [0.1, 0.15) is 24.1 Å². The SMILES string of the molecule is c1ncc(CNCCC2CC2)s1. The highest BCUT2D eigenvalue weighted by molar-refractivity contribution is 7.09. The summed E-state index contributed by atoms with van der Waals surface area (Å²) in [4.78, 5) is 5.37. The molecular weight excluding hydrogens is 168 g/mol. The van der Waals surface area contributed by atoms with Gasteiger partial charge >= 0.3 is 0 Å². The van der Waals surface area contributed by atoms with E-state index in [1.54, 1.807) is 11.3 Å². The molecule has 1 fully saturated rings. The van der Waals surface area contributed by atoms with Gasteiger partial charge in [-0.25, -0.2) is 0 Å². The Morgan fingerprint density at radius 1 is 1.58 bits per heavy atom.